The maximum Gasteiger partial charge on any atom is 0.279 e. The summed E-state index contributed by atoms with van der Waals surface area (Å²) in [7, 11) is 1.48. The van der Waals surface area contributed by atoms with Crippen molar-refractivity contribution in [2.45, 2.75) is 13.3 Å². The Balaban J connectivity index is 1.67. The van der Waals surface area contributed by atoms with E-state index >= 15 is 0 Å². The highest BCUT2D eigenvalue weighted by Crippen LogP contribution is 2.29. The number of methoxy groups -OCH3 is 1. The first kappa shape index (κ1) is 19.6. The van der Waals surface area contributed by atoms with Crippen LogP contribution in [-0.2, 0) is 0 Å². The van der Waals surface area contributed by atoms with Crippen LogP contribution >= 0.6 is 11.3 Å². The molecule has 3 aromatic rings. The largest absolute Gasteiger partial charge is 0.493 e. The zero-order valence-electron chi connectivity index (χ0n) is 15.4. The van der Waals surface area contributed by atoms with Crippen LogP contribution in [0, 0.1) is 5.82 Å². The van der Waals surface area contributed by atoms with E-state index in [0.29, 0.717) is 38.6 Å². The summed E-state index contributed by atoms with van der Waals surface area (Å²) in [6, 6.07) is 10.8. The lowest BCUT2D eigenvalue weighted by Crippen LogP contribution is -2.41. The molecule has 0 radical (unpaired) electrons. The maximum absolute atomic E-state index is 13.8. The molecular weight excluding hydrogens is 383 g/mol. The number of benzene rings is 2. The standard InChI is InChI=1S/C20H19FN2O4S/c1-3-9-27-15-8-7-12(10-16(15)26-2)19(24)22-23-20(25)18-11-13-14(21)5-4-6-17(13)28-18/h4-8,10-11H,3,9H2,1-2H3,(H,22,24)(H,23,25). The molecular formula is C20H19FN2O4S. The van der Waals surface area contributed by atoms with Gasteiger partial charge in [0.25, 0.3) is 11.8 Å². The van der Waals surface area contributed by atoms with Gasteiger partial charge < -0.3 is 9.47 Å². The number of halogens is 1. The van der Waals surface area contributed by atoms with E-state index in [4.69, 9.17) is 9.47 Å². The van der Waals surface area contributed by atoms with Crippen LogP contribution in [0.2, 0.25) is 0 Å². The van der Waals surface area contributed by atoms with Gasteiger partial charge >= 0.3 is 0 Å². The predicted octanol–water partition coefficient (Wildman–Crippen LogP) is 3.91. The second kappa shape index (κ2) is 8.71. The number of hydrazine groups is 1. The molecule has 28 heavy (non-hydrogen) atoms. The van der Waals surface area contributed by atoms with E-state index in [0.717, 1.165) is 17.8 Å². The van der Waals surface area contributed by atoms with Gasteiger partial charge in [0, 0.05) is 15.6 Å². The zero-order valence-corrected chi connectivity index (χ0v) is 16.2. The Labute approximate surface area is 165 Å². The molecule has 0 spiro atoms. The van der Waals surface area contributed by atoms with E-state index in [1.165, 1.54) is 25.3 Å². The van der Waals surface area contributed by atoms with Crippen molar-refractivity contribution in [1.82, 2.24) is 10.9 Å². The topological polar surface area (TPSA) is 76.7 Å². The highest BCUT2D eigenvalue weighted by Gasteiger charge is 2.15. The summed E-state index contributed by atoms with van der Waals surface area (Å²) in [5.74, 6) is -0.469. The lowest BCUT2D eigenvalue weighted by atomic mass is 10.2. The second-order valence-corrected chi connectivity index (χ2v) is 6.97. The van der Waals surface area contributed by atoms with Gasteiger partial charge in [0.1, 0.15) is 5.82 Å². The first-order valence-electron chi connectivity index (χ1n) is 8.63. The van der Waals surface area contributed by atoms with Gasteiger partial charge in [-0.1, -0.05) is 13.0 Å². The fourth-order valence-corrected chi connectivity index (χ4v) is 3.50. The molecule has 0 saturated carbocycles. The molecule has 3 rings (SSSR count). The van der Waals surface area contributed by atoms with E-state index in [1.807, 2.05) is 6.92 Å². The molecule has 0 aliphatic carbocycles. The highest BCUT2D eigenvalue weighted by molar-refractivity contribution is 7.20. The van der Waals surface area contributed by atoms with E-state index in [1.54, 1.807) is 24.3 Å². The SMILES string of the molecule is CCCOc1ccc(C(=O)NNC(=O)c2cc3c(F)cccc3s2)cc1OC. The summed E-state index contributed by atoms with van der Waals surface area (Å²) in [6.07, 6.45) is 0.846. The van der Waals surface area contributed by atoms with Crippen LogP contribution in [0.1, 0.15) is 33.4 Å². The van der Waals surface area contributed by atoms with Crippen molar-refractivity contribution < 1.29 is 23.5 Å². The molecule has 0 unspecified atom stereocenters. The monoisotopic (exact) mass is 402 g/mol. The second-order valence-electron chi connectivity index (χ2n) is 5.88. The molecule has 2 N–H and O–H groups in total. The Morgan fingerprint density at radius 3 is 2.57 bits per heavy atom. The van der Waals surface area contributed by atoms with Crippen molar-refractivity contribution in [2.24, 2.45) is 0 Å². The molecule has 2 aromatic carbocycles. The van der Waals surface area contributed by atoms with Gasteiger partial charge in [0.05, 0.1) is 18.6 Å². The van der Waals surface area contributed by atoms with Gasteiger partial charge in [-0.2, -0.15) is 0 Å². The lowest BCUT2D eigenvalue weighted by Gasteiger charge is -2.12. The molecule has 0 saturated heterocycles. The number of ether oxygens (including phenoxy) is 2. The molecule has 2 amide bonds. The molecule has 0 aliphatic rings. The molecule has 0 atom stereocenters. The first-order valence-corrected chi connectivity index (χ1v) is 9.44. The third-order valence-electron chi connectivity index (χ3n) is 3.91. The van der Waals surface area contributed by atoms with Crippen molar-refractivity contribution >= 4 is 33.2 Å². The van der Waals surface area contributed by atoms with Crippen molar-refractivity contribution in [3.63, 3.8) is 0 Å². The third kappa shape index (κ3) is 4.23. The van der Waals surface area contributed by atoms with Crippen molar-refractivity contribution in [2.75, 3.05) is 13.7 Å². The van der Waals surface area contributed by atoms with Gasteiger partial charge in [-0.3, -0.25) is 20.4 Å². The normalized spacial score (nSPS) is 10.5. The summed E-state index contributed by atoms with van der Waals surface area (Å²) in [6.45, 7) is 2.52. The van der Waals surface area contributed by atoms with E-state index in [2.05, 4.69) is 10.9 Å². The van der Waals surface area contributed by atoms with Crippen molar-refractivity contribution in [3.8, 4) is 11.5 Å². The Hall–Kier alpha value is -3.13. The maximum atomic E-state index is 13.8. The van der Waals surface area contributed by atoms with Gasteiger partial charge in [-0.25, -0.2) is 4.39 Å². The fraction of sp³-hybridized carbons (Fsp3) is 0.200. The summed E-state index contributed by atoms with van der Waals surface area (Å²) in [5.41, 5.74) is 4.98. The minimum atomic E-state index is -0.524. The average Bonchev–Trinajstić information content (AvgIpc) is 3.16. The van der Waals surface area contributed by atoms with Crippen LogP contribution < -0.4 is 20.3 Å². The molecule has 8 heteroatoms. The van der Waals surface area contributed by atoms with Crippen LogP contribution in [0.3, 0.4) is 0 Å². The van der Waals surface area contributed by atoms with E-state index in [9.17, 15) is 14.0 Å². The summed E-state index contributed by atoms with van der Waals surface area (Å²) >= 11 is 1.14. The Bertz CT molecular complexity index is 1020. The smallest absolute Gasteiger partial charge is 0.279 e. The van der Waals surface area contributed by atoms with Gasteiger partial charge in [0.15, 0.2) is 11.5 Å². The van der Waals surface area contributed by atoms with Gasteiger partial charge in [0.2, 0.25) is 0 Å². The van der Waals surface area contributed by atoms with E-state index < -0.39 is 17.6 Å². The quantitative estimate of drug-likeness (QED) is 0.613. The van der Waals surface area contributed by atoms with Gasteiger partial charge in [-0.05, 0) is 42.8 Å². The highest BCUT2D eigenvalue weighted by atomic mass is 32.1. The number of amides is 2. The minimum Gasteiger partial charge on any atom is -0.493 e. The summed E-state index contributed by atoms with van der Waals surface area (Å²) in [4.78, 5) is 24.9. The number of hydrogen-bond acceptors (Lipinski definition) is 5. The molecule has 1 heterocycles. The number of carbonyl (C=O) groups is 2. The number of carbonyl (C=O) groups excluding carboxylic acids is 2. The van der Waals surface area contributed by atoms with Gasteiger partial charge in [-0.15, -0.1) is 11.3 Å². The van der Waals surface area contributed by atoms with Crippen LogP contribution in [0.4, 0.5) is 4.39 Å². The van der Waals surface area contributed by atoms with Crippen LogP contribution in [0.15, 0.2) is 42.5 Å². The summed E-state index contributed by atoms with van der Waals surface area (Å²) < 4.78 is 25.2. The fourth-order valence-electron chi connectivity index (χ4n) is 2.52. The molecule has 0 aliphatic heterocycles. The predicted molar refractivity (Wildman–Crippen MR) is 105 cm³/mol. The Morgan fingerprint density at radius 2 is 1.86 bits per heavy atom. The van der Waals surface area contributed by atoms with Crippen LogP contribution in [0.25, 0.3) is 10.1 Å². The average molecular weight is 402 g/mol. The van der Waals surface area contributed by atoms with Crippen molar-refractivity contribution in [1.29, 1.82) is 0 Å². The molecule has 0 bridgehead atoms. The molecule has 146 valence electrons. The number of hydrogen-bond donors (Lipinski definition) is 2. The first-order chi connectivity index (χ1) is 13.5. The van der Waals surface area contributed by atoms with E-state index in [-0.39, 0.29) is 0 Å². The van der Waals surface area contributed by atoms with Crippen LogP contribution in [0.5, 0.6) is 11.5 Å². The Kier molecular flexibility index (Phi) is 6.10. The van der Waals surface area contributed by atoms with Crippen LogP contribution in [-0.4, -0.2) is 25.5 Å². The number of fused-ring (bicyclic) bond motifs is 1. The summed E-state index contributed by atoms with van der Waals surface area (Å²) in [5, 5.41) is 0.372. The zero-order chi connectivity index (χ0) is 20.1. The lowest BCUT2D eigenvalue weighted by molar-refractivity contribution is 0.0848. The molecule has 6 nitrogen and oxygen atoms in total. The Morgan fingerprint density at radius 1 is 1.07 bits per heavy atom. The number of thiophene rings is 1. The minimum absolute atomic E-state index is 0.293. The van der Waals surface area contributed by atoms with Crippen molar-refractivity contribution in [3.05, 3.63) is 58.7 Å². The number of rotatable bonds is 6. The molecule has 0 fully saturated rings. The third-order valence-corrected chi connectivity index (χ3v) is 5.01. The molecule has 1 aromatic heterocycles. The number of nitrogens with one attached hydrogen (secondary N) is 2.